The Morgan fingerprint density at radius 2 is 1.91 bits per heavy atom. The molecule has 6 heteroatoms. The second-order valence-corrected chi connectivity index (χ2v) is 8.07. The number of hydrogen-bond acceptors (Lipinski definition) is 2. The molecule has 32 heavy (non-hydrogen) atoms. The van der Waals surface area contributed by atoms with Crippen LogP contribution in [0.3, 0.4) is 0 Å². The van der Waals surface area contributed by atoms with Crippen molar-refractivity contribution in [2.75, 3.05) is 19.0 Å². The van der Waals surface area contributed by atoms with Gasteiger partial charge in [-0.05, 0) is 66.4 Å². The topological polar surface area (TPSA) is 57.4 Å². The predicted molar refractivity (Wildman–Crippen MR) is 124 cm³/mol. The Kier molecular flexibility index (Phi) is 5.05. The molecule has 0 bridgehead atoms. The summed E-state index contributed by atoms with van der Waals surface area (Å²) in [6.45, 7) is 2.50. The predicted octanol–water partition coefficient (Wildman–Crippen LogP) is 5.80. The SMILES string of the molecule is COc1ccc2[nH]c3c(c2c1)CCN(C(=O)Nc1ccccc1C)[C@@H]3c1ccc(F)cc1. The number of amides is 2. The van der Waals surface area contributed by atoms with Crippen LogP contribution < -0.4 is 10.1 Å². The van der Waals surface area contributed by atoms with Crippen LogP contribution in [-0.4, -0.2) is 29.6 Å². The van der Waals surface area contributed by atoms with Gasteiger partial charge < -0.3 is 19.9 Å². The third kappa shape index (κ3) is 3.47. The van der Waals surface area contributed by atoms with Gasteiger partial charge in [-0.15, -0.1) is 0 Å². The number of aromatic amines is 1. The van der Waals surface area contributed by atoms with E-state index in [0.29, 0.717) is 13.0 Å². The number of benzene rings is 3. The number of anilines is 1. The molecular formula is C26H24FN3O2. The number of carbonyl (C=O) groups is 1. The van der Waals surface area contributed by atoms with E-state index in [1.165, 1.54) is 12.1 Å². The molecule has 1 aliphatic rings. The average molecular weight is 429 g/mol. The van der Waals surface area contributed by atoms with Crippen LogP contribution in [0.5, 0.6) is 5.75 Å². The fourth-order valence-electron chi connectivity index (χ4n) is 4.51. The molecule has 1 atom stereocenters. The van der Waals surface area contributed by atoms with E-state index in [0.717, 1.165) is 44.7 Å². The maximum absolute atomic E-state index is 13.7. The molecule has 1 aromatic heterocycles. The summed E-state index contributed by atoms with van der Waals surface area (Å²) < 4.78 is 19.1. The minimum absolute atomic E-state index is 0.185. The second-order valence-electron chi connectivity index (χ2n) is 8.07. The molecule has 2 N–H and O–H groups in total. The van der Waals surface area contributed by atoms with Crippen molar-refractivity contribution in [1.82, 2.24) is 9.88 Å². The van der Waals surface area contributed by atoms with Crippen LogP contribution in [0.4, 0.5) is 14.9 Å². The van der Waals surface area contributed by atoms with E-state index in [1.807, 2.05) is 54.3 Å². The molecule has 0 radical (unpaired) electrons. The fraction of sp³-hybridized carbons (Fsp3) is 0.192. The van der Waals surface area contributed by atoms with Crippen molar-refractivity contribution in [3.63, 3.8) is 0 Å². The summed E-state index contributed by atoms with van der Waals surface area (Å²) in [7, 11) is 1.65. The maximum Gasteiger partial charge on any atom is 0.322 e. The maximum atomic E-state index is 13.7. The molecule has 0 aliphatic carbocycles. The van der Waals surface area contributed by atoms with Gasteiger partial charge in [-0.3, -0.25) is 0 Å². The van der Waals surface area contributed by atoms with Crippen LogP contribution in [0.1, 0.15) is 28.4 Å². The van der Waals surface area contributed by atoms with E-state index < -0.39 is 0 Å². The Labute approximate surface area is 185 Å². The lowest BCUT2D eigenvalue weighted by Crippen LogP contribution is -2.43. The number of fused-ring (bicyclic) bond motifs is 3. The lowest BCUT2D eigenvalue weighted by Gasteiger charge is -2.36. The molecule has 4 aromatic rings. The van der Waals surface area contributed by atoms with Gasteiger partial charge in [0.25, 0.3) is 0 Å². The molecule has 2 heterocycles. The molecule has 0 saturated carbocycles. The second kappa shape index (κ2) is 8.04. The number of urea groups is 1. The van der Waals surface area contributed by atoms with Gasteiger partial charge in [-0.2, -0.15) is 0 Å². The number of H-pyrrole nitrogens is 1. The van der Waals surface area contributed by atoms with Crippen LogP contribution >= 0.6 is 0 Å². The highest BCUT2D eigenvalue weighted by atomic mass is 19.1. The zero-order chi connectivity index (χ0) is 22.2. The third-order valence-corrected chi connectivity index (χ3v) is 6.17. The van der Waals surface area contributed by atoms with Gasteiger partial charge in [-0.25, -0.2) is 9.18 Å². The highest BCUT2D eigenvalue weighted by molar-refractivity contribution is 5.92. The first-order chi connectivity index (χ1) is 15.5. The number of ether oxygens (including phenoxy) is 1. The number of para-hydroxylation sites is 1. The quantitative estimate of drug-likeness (QED) is 0.432. The van der Waals surface area contributed by atoms with Crippen LogP contribution in [0, 0.1) is 12.7 Å². The summed E-state index contributed by atoms with van der Waals surface area (Å²) in [5, 5.41) is 4.14. The van der Waals surface area contributed by atoms with Crippen LogP contribution in [-0.2, 0) is 6.42 Å². The fourth-order valence-corrected chi connectivity index (χ4v) is 4.51. The third-order valence-electron chi connectivity index (χ3n) is 6.17. The number of methoxy groups -OCH3 is 1. The molecule has 2 amide bonds. The van der Waals surface area contributed by atoms with Crippen molar-refractivity contribution in [2.45, 2.75) is 19.4 Å². The van der Waals surface area contributed by atoms with Gasteiger partial charge in [0.2, 0.25) is 0 Å². The number of rotatable bonds is 3. The molecule has 0 fully saturated rings. The number of carbonyl (C=O) groups excluding carboxylic acids is 1. The molecule has 0 spiro atoms. The molecule has 3 aromatic carbocycles. The van der Waals surface area contributed by atoms with Crippen molar-refractivity contribution >= 4 is 22.6 Å². The van der Waals surface area contributed by atoms with Gasteiger partial charge in [0.1, 0.15) is 11.6 Å². The van der Waals surface area contributed by atoms with Gasteiger partial charge in [0.15, 0.2) is 0 Å². The number of nitrogens with zero attached hydrogens (tertiary/aromatic N) is 1. The first kappa shape index (κ1) is 20.1. The summed E-state index contributed by atoms with van der Waals surface area (Å²) in [6.07, 6.45) is 0.710. The molecule has 0 saturated heterocycles. The summed E-state index contributed by atoms with van der Waals surface area (Å²) in [5.41, 5.74) is 5.73. The lowest BCUT2D eigenvalue weighted by molar-refractivity contribution is 0.193. The van der Waals surface area contributed by atoms with Crippen LogP contribution in [0.15, 0.2) is 66.7 Å². The van der Waals surface area contributed by atoms with Crippen molar-refractivity contribution in [3.05, 3.63) is 94.9 Å². The van der Waals surface area contributed by atoms with Gasteiger partial charge >= 0.3 is 6.03 Å². The van der Waals surface area contributed by atoms with E-state index in [-0.39, 0.29) is 17.9 Å². The number of aryl methyl sites for hydroxylation is 1. The van der Waals surface area contributed by atoms with E-state index >= 15 is 0 Å². The zero-order valence-corrected chi connectivity index (χ0v) is 18.0. The van der Waals surface area contributed by atoms with E-state index in [9.17, 15) is 9.18 Å². The number of hydrogen-bond donors (Lipinski definition) is 2. The Balaban J connectivity index is 1.59. The minimum Gasteiger partial charge on any atom is -0.497 e. The smallest absolute Gasteiger partial charge is 0.322 e. The van der Waals surface area contributed by atoms with E-state index in [1.54, 1.807) is 19.2 Å². The standard InChI is InChI=1S/C26H24FN3O2/c1-16-5-3-4-6-22(16)29-26(31)30-14-13-20-21-15-19(32-2)11-12-23(21)28-24(20)25(30)17-7-9-18(27)10-8-17/h3-12,15,25,28H,13-14H2,1-2H3,(H,29,31)/t25-/m1/s1. The molecular weight excluding hydrogens is 405 g/mol. The van der Waals surface area contributed by atoms with Crippen molar-refractivity contribution < 1.29 is 13.9 Å². The van der Waals surface area contributed by atoms with Gasteiger partial charge in [-0.1, -0.05) is 30.3 Å². The Hall–Kier alpha value is -3.80. The zero-order valence-electron chi connectivity index (χ0n) is 18.0. The molecule has 5 rings (SSSR count). The summed E-state index contributed by atoms with van der Waals surface area (Å²) >= 11 is 0. The van der Waals surface area contributed by atoms with Crippen LogP contribution in [0.2, 0.25) is 0 Å². The minimum atomic E-state index is -0.359. The van der Waals surface area contributed by atoms with Crippen molar-refractivity contribution in [3.8, 4) is 5.75 Å². The Morgan fingerprint density at radius 3 is 2.66 bits per heavy atom. The summed E-state index contributed by atoms with van der Waals surface area (Å²) in [6, 6.07) is 19.5. The number of halogens is 1. The summed E-state index contributed by atoms with van der Waals surface area (Å²) in [4.78, 5) is 18.7. The molecule has 1 aliphatic heterocycles. The number of aromatic nitrogens is 1. The monoisotopic (exact) mass is 429 g/mol. The van der Waals surface area contributed by atoms with Gasteiger partial charge in [0.05, 0.1) is 13.2 Å². The largest absolute Gasteiger partial charge is 0.497 e. The first-order valence-electron chi connectivity index (χ1n) is 10.6. The molecule has 5 nitrogen and oxygen atoms in total. The van der Waals surface area contributed by atoms with Crippen molar-refractivity contribution in [2.24, 2.45) is 0 Å². The Morgan fingerprint density at radius 1 is 1.12 bits per heavy atom. The average Bonchev–Trinajstić information content (AvgIpc) is 3.18. The Bertz CT molecular complexity index is 1300. The normalized spacial score (nSPS) is 15.5. The highest BCUT2D eigenvalue weighted by Gasteiger charge is 2.34. The summed E-state index contributed by atoms with van der Waals surface area (Å²) in [5.74, 6) is 0.486. The van der Waals surface area contributed by atoms with Crippen LogP contribution in [0.25, 0.3) is 10.9 Å². The van der Waals surface area contributed by atoms with E-state index in [2.05, 4.69) is 10.3 Å². The number of nitrogens with one attached hydrogen (secondary N) is 2. The van der Waals surface area contributed by atoms with Crippen molar-refractivity contribution in [1.29, 1.82) is 0 Å². The first-order valence-corrected chi connectivity index (χ1v) is 10.6. The van der Waals surface area contributed by atoms with E-state index in [4.69, 9.17) is 4.74 Å². The van der Waals surface area contributed by atoms with Gasteiger partial charge in [0, 0.05) is 28.8 Å². The molecule has 0 unspecified atom stereocenters. The highest BCUT2D eigenvalue weighted by Crippen LogP contribution is 2.39. The lowest BCUT2D eigenvalue weighted by atomic mass is 9.92. The molecule has 162 valence electrons.